The van der Waals surface area contributed by atoms with E-state index >= 15 is 0 Å². The van der Waals surface area contributed by atoms with E-state index in [2.05, 4.69) is 5.32 Å². The molecule has 0 radical (unpaired) electrons. The van der Waals surface area contributed by atoms with E-state index in [-0.39, 0.29) is 5.91 Å². The van der Waals surface area contributed by atoms with Gasteiger partial charge in [-0.1, -0.05) is 6.07 Å². The highest BCUT2D eigenvalue weighted by molar-refractivity contribution is 7.12. The van der Waals surface area contributed by atoms with E-state index in [1.165, 1.54) is 11.3 Å². The fourth-order valence-electron chi connectivity index (χ4n) is 1.71. The van der Waals surface area contributed by atoms with Crippen LogP contribution in [0, 0.1) is 0 Å². The molecule has 1 aromatic heterocycles. The van der Waals surface area contributed by atoms with Crippen LogP contribution < -0.4 is 5.32 Å². The monoisotopic (exact) mass is 210 g/mol. The van der Waals surface area contributed by atoms with E-state index in [1.54, 1.807) is 0 Å². The number of carbonyl (C=O) groups is 1. The molecule has 1 aliphatic rings. The zero-order valence-corrected chi connectivity index (χ0v) is 9.01. The Labute approximate surface area is 87.7 Å². The standard InChI is InChI=1S/C10H14N2OS/c1-12(8-4-5-11-7-8)10(13)9-3-2-6-14-9/h2-3,6,8,11H,4-5,7H2,1H3/t8-/m1/s1. The van der Waals surface area contributed by atoms with Gasteiger partial charge in [-0.2, -0.15) is 0 Å². The number of likely N-dealkylation sites (N-methyl/N-ethyl adjacent to an activating group) is 1. The molecule has 1 aliphatic heterocycles. The van der Waals surface area contributed by atoms with Crippen LogP contribution >= 0.6 is 11.3 Å². The average Bonchev–Trinajstić information content (AvgIpc) is 2.87. The molecule has 0 aliphatic carbocycles. The number of hydrogen-bond acceptors (Lipinski definition) is 3. The number of thiophene rings is 1. The molecular weight excluding hydrogens is 196 g/mol. The molecular formula is C10H14N2OS. The quantitative estimate of drug-likeness (QED) is 0.795. The summed E-state index contributed by atoms with van der Waals surface area (Å²) < 4.78 is 0. The van der Waals surface area contributed by atoms with Crippen LogP contribution in [0.4, 0.5) is 0 Å². The first-order valence-corrected chi connectivity index (χ1v) is 5.68. The van der Waals surface area contributed by atoms with Gasteiger partial charge in [0.2, 0.25) is 0 Å². The maximum Gasteiger partial charge on any atom is 0.263 e. The maximum atomic E-state index is 11.9. The first kappa shape index (κ1) is 9.68. The maximum absolute atomic E-state index is 11.9. The Bertz CT molecular complexity index is 304. The fraction of sp³-hybridized carbons (Fsp3) is 0.500. The Morgan fingerprint density at radius 2 is 2.57 bits per heavy atom. The summed E-state index contributed by atoms with van der Waals surface area (Å²) in [5.41, 5.74) is 0. The minimum Gasteiger partial charge on any atom is -0.337 e. The topological polar surface area (TPSA) is 32.3 Å². The fourth-order valence-corrected chi connectivity index (χ4v) is 2.42. The number of nitrogens with zero attached hydrogens (tertiary/aromatic N) is 1. The molecule has 1 N–H and O–H groups in total. The molecule has 1 aromatic rings. The summed E-state index contributed by atoms with van der Waals surface area (Å²) in [4.78, 5) is 14.6. The zero-order chi connectivity index (χ0) is 9.97. The van der Waals surface area contributed by atoms with Crippen LogP contribution in [-0.2, 0) is 0 Å². The lowest BCUT2D eigenvalue weighted by atomic mass is 10.2. The summed E-state index contributed by atoms with van der Waals surface area (Å²) >= 11 is 1.51. The van der Waals surface area contributed by atoms with Crippen molar-refractivity contribution in [2.75, 3.05) is 20.1 Å². The van der Waals surface area contributed by atoms with Gasteiger partial charge in [0.05, 0.1) is 4.88 Å². The Balaban J connectivity index is 2.04. The number of amides is 1. The van der Waals surface area contributed by atoms with Gasteiger partial charge in [0, 0.05) is 19.6 Å². The molecule has 2 rings (SSSR count). The van der Waals surface area contributed by atoms with Crippen LogP contribution in [0.3, 0.4) is 0 Å². The predicted molar refractivity (Wildman–Crippen MR) is 57.7 cm³/mol. The van der Waals surface area contributed by atoms with E-state index < -0.39 is 0 Å². The third-order valence-electron chi connectivity index (χ3n) is 2.63. The van der Waals surface area contributed by atoms with E-state index in [4.69, 9.17) is 0 Å². The minimum atomic E-state index is 0.147. The summed E-state index contributed by atoms with van der Waals surface area (Å²) in [5, 5.41) is 5.20. The van der Waals surface area contributed by atoms with Gasteiger partial charge in [-0.3, -0.25) is 4.79 Å². The van der Waals surface area contributed by atoms with Crippen LogP contribution in [0.5, 0.6) is 0 Å². The van der Waals surface area contributed by atoms with Crippen molar-refractivity contribution in [1.29, 1.82) is 0 Å². The van der Waals surface area contributed by atoms with Crippen LogP contribution in [0.2, 0.25) is 0 Å². The second-order valence-corrected chi connectivity index (χ2v) is 4.49. The lowest BCUT2D eigenvalue weighted by molar-refractivity contribution is 0.0748. The van der Waals surface area contributed by atoms with E-state index in [1.807, 2.05) is 29.5 Å². The summed E-state index contributed by atoms with van der Waals surface area (Å²) in [7, 11) is 1.89. The molecule has 76 valence electrons. The normalized spacial score (nSPS) is 21.1. The van der Waals surface area contributed by atoms with Gasteiger partial charge >= 0.3 is 0 Å². The molecule has 0 bridgehead atoms. The van der Waals surface area contributed by atoms with Crippen LogP contribution in [0.25, 0.3) is 0 Å². The molecule has 3 nitrogen and oxygen atoms in total. The Morgan fingerprint density at radius 1 is 1.71 bits per heavy atom. The second kappa shape index (κ2) is 4.11. The number of carbonyl (C=O) groups excluding carboxylic acids is 1. The average molecular weight is 210 g/mol. The summed E-state index contributed by atoms with van der Waals surface area (Å²) in [6.45, 7) is 1.94. The molecule has 0 saturated carbocycles. The Kier molecular flexibility index (Phi) is 2.84. The SMILES string of the molecule is CN(C(=O)c1cccs1)[C@@H]1CCNC1. The molecule has 1 atom stereocenters. The van der Waals surface area contributed by atoms with Gasteiger partial charge in [0.25, 0.3) is 5.91 Å². The smallest absolute Gasteiger partial charge is 0.263 e. The second-order valence-electron chi connectivity index (χ2n) is 3.54. The van der Waals surface area contributed by atoms with Crippen LogP contribution in [0.1, 0.15) is 16.1 Å². The molecule has 1 fully saturated rings. The van der Waals surface area contributed by atoms with E-state index in [9.17, 15) is 4.79 Å². The van der Waals surface area contributed by atoms with Crippen LogP contribution in [0.15, 0.2) is 17.5 Å². The minimum absolute atomic E-state index is 0.147. The van der Waals surface area contributed by atoms with Gasteiger partial charge < -0.3 is 10.2 Å². The van der Waals surface area contributed by atoms with Crippen molar-refractivity contribution in [2.24, 2.45) is 0 Å². The number of nitrogens with one attached hydrogen (secondary N) is 1. The van der Waals surface area contributed by atoms with Gasteiger partial charge in [-0.25, -0.2) is 0 Å². The molecule has 0 unspecified atom stereocenters. The first-order chi connectivity index (χ1) is 6.79. The van der Waals surface area contributed by atoms with Crippen molar-refractivity contribution in [2.45, 2.75) is 12.5 Å². The summed E-state index contributed by atoms with van der Waals surface area (Å²) in [5.74, 6) is 0.147. The summed E-state index contributed by atoms with van der Waals surface area (Å²) in [6, 6.07) is 4.16. The molecule has 0 aromatic carbocycles. The lowest BCUT2D eigenvalue weighted by Gasteiger charge is -2.22. The van der Waals surface area contributed by atoms with Crippen molar-refractivity contribution in [1.82, 2.24) is 10.2 Å². The lowest BCUT2D eigenvalue weighted by Crippen LogP contribution is -2.37. The molecule has 1 saturated heterocycles. The van der Waals surface area contributed by atoms with Crippen molar-refractivity contribution in [3.05, 3.63) is 22.4 Å². The van der Waals surface area contributed by atoms with Gasteiger partial charge in [0.15, 0.2) is 0 Å². The predicted octanol–water partition coefficient (Wildman–Crippen LogP) is 1.18. The first-order valence-electron chi connectivity index (χ1n) is 4.80. The number of rotatable bonds is 2. The van der Waals surface area contributed by atoms with E-state index in [0.29, 0.717) is 6.04 Å². The van der Waals surface area contributed by atoms with Gasteiger partial charge in [-0.15, -0.1) is 11.3 Å². The van der Waals surface area contributed by atoms with Crippen molar-refractivity contribution in [3.8, 4) is 0 Å². The molecule has 4 heteroatoms. The largest absolute Gasteiger partial charge is 0.337 e. The highest BCUT2D eigenvalue weighted by atomic mass is 32.1. The van der Waals surface area contributed by atoms with Crippen molar-refractivity contribution < 1.29 is 4.79 Å². The number of hydrogen-bond donors (Lipinski definition) is 1. The molecule has 2 heterocycles. The highest BCUT2D eigenvalue weighted by Crippen LogP contribution is 2.15. The summed E-state index contributed by atoms with van der Waals surface area (Å²) in [6.07, 6.45) is 1.06. The van der Waals surface area contributed by atoms with Gasteiger partial charge in [-0.05, 0) is 24.4 Å². The molecule has 0 spiro atoms. The third kappa shape index (κ3) is 1.81. The van der Waals surface area contributed by atoms with Crippen molar-refractivity contribution >= 4 is 17.2 Å². The molecule has 14 heavy (non-hydrogen) atoms. The van der Waals surface area contributed by atoms with Crippen LogP contribution in [-0.4, -0.2) is 37.0 Å². The molecule has 1 amide bonds. The van der Waals surface area contributed by atoms with Gasteiger partial charge in [0.1, 0.15) is 0 Å². The zero-order valence-electron chi connectivity index (χ0n) is 8.19. The van der Waals surface area contributed by atoms with E-state index in [0.717, 1.165) is 24.4 Å². The van der Waals surface area contributed by atoms with Crippen molar-refractivity contribution in [3.63, 3.8) is 0 Å². The third-order valence-corrected chi connectivity index (χ3v) is 3.49. The Hall–Kier alpha value is -0.870. The highest BCUT2D eigenvalue weighted by Gasteiger charge is 2.24. The Morgan fingerprint density at radius 3 is 3.14 bits per heavy atom.